The number of aromatic hydroxyl groups is 9. The summed E-state index contributed by atoms with van der Waals surface area (Å²) in [4.78, 5) is 0. The van der Waals surface area contributed by atoms with Gasteiger partial charge in [0.2, 0.25) is 17.2 Å². The van der Waals surface area contributed by atoms with Gasteiger partial charge in [0.15, 0.2) is 39.9 Å². The van der Waals surface area contributed by atoms with E-state index in [1.807, 2.05) is 66.7 Å². The van der Waals surface area contributed by atoms with Crippen molar-refractivity contribution in [3.8, 4) is 74.0 Å². The molecule has 10 nitrogen and oxygen atoms in total. The molecule has 0 atom stereocenters. The van der Waals surface area contributed by atoms with Crippen LogP contribution in [0.1, 0.15) is 0 Å². The van der Waals surface area contributed by atoms with E-state index in [-0.39, 0.29) is 10.9 Å². The quantitative estimate of drug-likeness (QED) is 0.0528. The van der Waals surface area contributed by atoms with Crippen molar-refractivity contribution in [1.82, 2.24) is 0 Å². The van der Waals surface area contributed by atoms with Crippen LogP contribution in [0, 0.1) is 0 Å². The highest BCUT2D eigenvalue weighted by molar-refractivity contribution is 6.29. The zero-order valence-corrected chi connectivity index (χ0v) is 23.4. The first-order valence-electron chi connectivity index (χ1n) is 14.0. The summed E-state index contributed by atoms with van der Waals surface area (Å²) in [6.45, 7) is 0. The van der Waals surface area contributed by atoms with Gasteiger partial charge in [-0.15, -0.1) is 0 Å². The average Bonchev–Trinajstić information content (AvgIpc) is 3.48. The van der Waals surface area contributed by atoms with Crippen molar-refractivity contribution in [2.45, 2.75) is 0 Å². The Balaban J connectivity index is 1.60. The summed E-state index contributed by atoms with van der Waals surface area (Å²) in [5.74, 6) is -8.62. The highest BCUT2D eigenvalue weighted by Gasteiger charge is 2.33. The second-order valence-corrected chi connectivity index (χ2v) is 11.0. The van der Waals surface area contributed by atoms with Crippen LogP contribution < -0.4 is 0 Å². The third-order valence-corrected chi connectivity index (χ3v) is 8.62. The molecule has 1 heterocycles. The summed E-state index contributed by atoms with van der Waals surface area (Å²) in [7, 11) is 0. The number of phenols is 9. The van der Waals surface area contributed by atoms with Crippen LogP contribution in [0.5, 0.6) is 51.7 Å². The molecule has 0 fully saturated rings. The Morgan fingerprint density at radius 3 is 1.28 bits per heavy atom. The van der Waals surface area contributed by atoms with Gasteiger partial charge in [0.25, 0.3) is 0 Å². The van der Waals surface area contributed by atoms with Crippen molar-refractivity contribution >= 4 is 54.3 Å². The second-order valence-electron chi connectivity index (χ2n) is 11.0. The molecule has 10 heteroatoms. The zero-order valence-electron chi connectivity index (χ0n) is 23.4. The topological polar surface area (TPSA) is 195 Å². The van der Waals surface area contributed by atoms with Crippen molar-refractivity contribution < 1.29 is 50.4 Å². The molecule has 7 aromatic carbocycles. The summed E-state index contributed by atoms with van der Waals surface area (Å²) in [6, 6.07) is 24.4. The van der Waals surface area contributed by atoms with E-state index in [4.69, 9.17) is 4.42 Å². The lowest BCUT2D eigenvalue weighted by atomic mass is 9.85. The van der Waals surface area contributed by atoms with E-state index in [9.17, 15) is 46.0 Å². The van der Waals surface area contributed by atoms with Crippen LogP contribution in [0.3, 0.4) is 0 Å². The number of hydrogen-bond donors (Lipinski definition) is 9. The lowest BCUT2D eigenvalue weighted by molar-refractivity contribution is 0.349. The minimum atomic E-state index is -1.17. The van der Waals surface area contributed by atoms with Crippen LogP contribution >= 0.6 is 0 Å². The van der Waals surface area contributed by atoms with Crippen molar-refractivity contribution in [1.29, 1.82) is 0 Å². The Hall–Kier alpha value is -6.68. The summed E-state index contributed by atoms with van der Waals surface area (Å²) < 4.78 is 5.76. The van der Waals surface area contributed by atoms with E-state index in [0.29, 0.717) is 16.3 Å². The van der Waals surface area contributed by atoms with E-state index < -0.39 is 79.1 Å². The smallest absolute Gasteiger partial charge is 0.205 e. The maximum Gasteiger partial charge on any atom is 0.205 e. The molecule has 46 heavy (non-hydrogen) atoms. The van der Waals surface area contributed by atoms with Crippen LogP contribution in [0.2, 0.25) is 0 Å². The number of fused-ring (bicyclic) bond motifs is 7. The van der Waals surface area contributed by atoms with Gasteiger partial charge in [-0.3, -0.25) is 0 Å². The third-order valence-electron chi connectivity index (χ3n) is 8.62. The number of phenolic OH excluding ortho intramolecular Hbond substituents is 9. The molecule has 8 aromatic rings. The fourth-order valence-electron chi connectivity index (χ4n) is 6.63. The number of benzene rings is 7. The van der Waals surface area contributed by atoms with Crippen molar-refractivity contribution in [2.24, 2.45) is 0 Å². The highest BCUT2D eigenvalue weighted by Crippen LogP contribution is 2.61. The molecule has 0 aliphatic heterocycles. The molecule has 0 amide bonds. The molecule has 0 saturated heterocycles. The first-order valence-corrected chi connectivity index (χ1v) is 14.0. The molecule has 1 aromatic heterocycles. The van der Waals surface area contributed by atoms with Gasteiger partial charge in [-0.25, -0.2) is 0 Å². The van der Waals surface area contributed by atoms with Gasteiger partial charge in [0.1, 0.15) is 5.75 Å². The van der Waals surface area contributed by atoms with Gasteiger partial charge in [0.05, 0.1) is 27.1 Å². The molecule has 0 aliphatic rings. The van der Waals surface area contributed by atoms with E-state index in [1.54, 1.807) is 12.1 Å². The van der Waals surface area contributed by atoms with E-state index in [2.05, 4.69) is 0 Å². The summed E-state index contributed by atoms with van der Waals surface area (Å²) in [6.07, 6.45) is 0. The molecule has 0 unspecified atom stereocenters. The van der Waals surface area contributed by atoms with Crippen molar-refractivity contribution in [3.63, 3.8) is 0 Å². The molecular formula is C36H22O10. The molecule has 0 radical (unpaired) electrons. The predicted molar refractivity (Wildman–Crippen MR) is 172 cm³/mol. The van der Waals surface area contributed by atoms with E-state index >= 15 is 0 Å². The summed E-state index contributed by atoms with van der Waals surface area (Å²) in [5.41, 5.74) is 0.954. The Bertz CT molecular complexity index is 2560. The summed E-state index contributed by atoms with van der Waals surface area (Å²) in [5, 5.41) is 99.3. The Kier molecular flexibility index (Phi) is 5.36. The fraction of sp³-hybridized carbons (Fsp3) is 0. The van der Waals surface area contributed by atoms with E-state index in [1.165, 1.54) is 0 Å². The second kappa shape index (κ2) is 9.16. The van der Waals surface area contributed by atoms with Crippen LogP contribution in [0.15, 0.2) is 83.3 Å². The number of rotatable bonds is 2. The molecule has 0 aliphatic carbocycles. The molecule has 0 bridgehead atoms. The molecule has 0 saturated carbocycles. The fourth-order valence-corrected chi connectivity index (χ4v) is 6.63. The maximum absolute atomic E-state index is 12.0. The Labute approximate surface area is 257 Å². The first kappa shape index (κ1) is 26.9. The van der Waals surface area contributed by atoms with Gasteiger partial charge in [0, 0.05) is 5.56 Å². The minimum absolute atomic E-state index is 0.209. The number of furan rings is 1. The monoisotopic (exact) mass is 614 g/mol. The van der Waals surface area contributed by atoms with Crippen molar-refractivity contribution in [2.75, 3.05) is 0 Å². The van der Waals surface area contributed by atoms with Crippen LogP contribution in [-0.4, -0.2) is 46.0 Å². The maximum atomic E-state index is 12.0. The molecule has 226 valence electrons. The van der Waals surface area contributed by atoms with Gasteiger partial charge < -0.3 is 50.4 Å². The molecular weight excluding hydrogens is 592 g/mol. The third kappa shape index (κ3) is 3.24. The largest absolute Gasteiger partial charge is 0.506 e. The standard InChI is InChI=1S/C36H22O10/c37-26-21(20-17-12-6-4-10-15(17)19(14-8-2-1-3-9-14)16-11-5-7-13-18(16)20)29(40)34(45)36-24(26)25-30(41)27(38)22-23(35(25)46-36)31(42)33(44)32(43)28(22)39/h1-13,37-45H. The SMILES string of the molecule is Oc1c(-c2c3ccccc3c(-c3ccccc3)c3ccccc23)c(O)c2c(oc3c4c(O)c(O)c(O)c(O)c4c(O)c(O)c32)c1O. The van der Waals surface area contributed by atoms with Gasteiger partial charge in [-0.1, -0.05) is 78.9 Å². The van der Waals surface area contributed by atoms with Gasteiger partial charge >= 0.3 is 0 Å². The van der Waals surface area contributed by atoms with Gasteiger partial charge in [-0.2, -0.15) is 0 Å². The highest BCUT2D eigenvalue weighted by atomic mass is 16.4. The first-order chi connectivity index (χ1) is 22.1. The molecule has 8 rings (SSSR count). The van der Waals surface area contributed by atoms with Gasteiger partial charge in [-0.05, 0) is 32.7 Å². The number of hydrogen-bond acceptors (Lipinski definition) is 10. The normalized spacial score (nSPS) is 11.8. The Morgan fingerprint density at radius 2 is 0.717 bits per heavy atom. The summed E-state index contributed by atoms with van der Waals surface area (Å²) >= 11 is 0. The van der Waals surface area contributed by atoms with Crippen molar-refractivity contribution in [3.05, 3.63) is 78.9 Å². The minimum Gasteiger partial charge on any atom is -0.506 e. The zero-order chi connectivity index (χ0) is 32.2. The predicted octanol–water partition coefficient (Wildman–Crippen LogP) is 7.73. The van der Waals surface area contributed by atoms with Crippen LogP contribution in [-0.2, 0) is 0 Å². The molecule has 0 spiro atoms. The van der Waals surface area contributed by atoms with Crippen LogP contribution in [0.4, 0.5) is 0 Å². The lowest BCUT2D eigenvalue weighted by Crippen LogP contribution is -1.92. The lowest BCUT2D eigenvalue weighted by Gasteiger charge is -2.19. The Morgan fingerprint density at radius 1 is 0.304 bits per heavy atom. The van der Waals surface area contributed by atoms with E-state index in [0.717, 1.165) is 21.9 Å². The average molecular weight is 615 g/mol. The van der Waals surface area contributed by atoms with Crippen LogP contribution in [0.25, 0.3) is 76.5 Å². The molecule has 9 N–H and O–H groups in total.